The van der Waals surface area contributed by atoms with Gasteiger partial charge in [0.05, 0.1) is 5.69 Å². The van der Waals surface area contributed by atoms with E-state index in [0.717, 1.165) is 33.5 Å². The Morgan fingerprint density at radius 2 is 1.89 bits per heavy atom. The SMILES string of the molecule is Cc1cc(O)c(C=Nc2cccc(-c3nc4ccccc4o3)c2)c(C)c1Cl. The lowest BCUT2D eigenvalue weighted by atomic mass is 10.0. The van der Waals surface area contributed by atoms with E-state index in [-0.39, 0.29) is 5.75 Å². The molecule has 0 amide bonds. The second-order valence-electron chi connectivity index (χ2n) is 6.36. The maximum atomic E-state index is 10.2. The molecule has 27 heavy (non-hydrogen) atoms. The number of phenolic OH excluding ortho intramolecular Hbond substituents is 1. The molecule has 0 unspecified atom stereocenters. The molecular formula is C22H17ClN2O2. The third-order valence-corrected chi connectivity index (χ3v) is 5.02. The zero-order valence-corrected chi connectivity index (χ0v) is 15.7. The first kappa shape index (κ1) is 17.3. The topological polar surface area (TPSA) is 58.6 Å². The van der Waals surface area contributed by atoms with E-state index in [2.05, 4.69) is 9.98 Å². The molecule has 0 bridgehead atoms. The number of fused-ring (bicyclic) bond motifs is 1. The van der Waals surface area contributed by atoms with Crippen molar-refractivity contribution in [3.05, 3.63) is 76.3 Å². The van der Waals surface area contributed by atoms with Crippen molar-refractivity contribution in [3.8, 4) is 17.2 Å². The molecule has 0 spiro atoms. The first-order valence-electron chi connectivity index (χ1n) is 8.51. The largest absolute Gasteiger partial charge is 0.507 e. The Kier molecular flexibility index (Phi) is 4.42. The molecule has 5 heteroatoms. The van der Waals surface area contributed by atoms with E-state index in [1.807, 2.05) is 62.4 Å². The summed E-state index contributed by atoms with van der Waals surface area (Å²) >= 11 is 6.29. The number of oxazole rings is 1. The minimum absolute atomic E-state index is 0.160. The second kappa shape index (κ2) is 6.89. The molecule has 1 heterocycles. The van der Waals surface area contributed by atoms with Gasteiger partial charge >= 0.3 is 0 Å². The highest BCUT2D eigenvalue weighted by molar-refractivity contribution is 6.32. The lowest BCUT2D eigenvalue weighted by molar-refractivity contribution is 0.473. The van der Waals surface area contributed by atoms with Gasteiger partial charge in [0.25, 0.3) is 0 Å². The summed E-state index contributed by atoms with van der Waals surface area (Å²) in [6.07, 6.45) is 1.63. The monoisotopic (exact) mass is 376 g/mol. The Bertz CT molecular complexity index is 1150. The van der Waals surface area contributed by atoms with E-state index < -0.39 is 0 Å². The van der Waals surface area contributed by atoms with Crippen LogP contribution in [0.2, 0.25) is 5.02 Å². The van der Waals surface area contributed by atoms with Crippen molar-refractivity contribution < 1.29 is 9.52 Å². The highest BCUT2D eigenvalue weighted by atomic mass is 35.5. The number of para-hydroxylation sites is 2. The van der Waals surface area contributed by atoms with Crippen LogP contribution in [0.4, 0.5) is 5.69 Å². The van der Waals surface area contributed by atoms with Crippen molar-refractivity contribution in [2.75, 3.05) is 0 Å². The van der Waals surface area contributed by atoms with Gasteiger partial charge in [0, 0.05) is 22.4 Å². The molecule has 0 aliphatic rings. The summed E-state index contributed by atoms with van der Waals surface area (Å²) in [5, 5.41) is 10.8. The van der Waals surface area contributed by atoms with Gasteiger partial charge in [0.1, 0.15) is 11.3 Å². The molecule has 4 rings (SSSR count). The van der Waals surface area contributed by atoms with Crippen LogP contribution in [0.15, 0.2) is 64.0 Å². The number of rotatable bonds is 3. The maximum absolute atomic E-state index is 10.2. The van der Waals surface area contributed by atoms with Crippen molar-refractivity contribution in [1.82, 2.24) is 4.98 Å². The van der Waals surface area contributed by atoms with E-state index in [4.69, 9.17) is 16.0 Å². The van der Waals surface area contributed by atoms with Crippen LogP contribution in [0, 0.1) is 13.8 Å². The number of benzene rings is 3. The van der Waals surface area contributed by atoms with Crippen molar-refractivity contribution in [1.29, 1.82) is 0 Å². The van der Waals surface area contributed by atoms with Crippen LogP contribution in [0.1, 0.15) is 16.7 Å². The van der Waals surface area contributed by atoms with Gasteiger partial charge < -0.3 is 9.52 Å². The molecule has 1 N–H and O–H groups in total. The molecule has 0 fully saturated rings. The molecule has 134 valence electrons. The minimum atomic E-state index is 0.160. The van der Waals surface area contributed by atoms with E-state index in [1.165, 1.54) is 0 Å². The van der Waals surface area contributed by atoms with Crippen molar-refractivity contribution >= 4 is 34.6 Å². The number of phenols is 1. The van der Waals surface area contributed by atoms with E-state index in [0.29, 0.717) is 16.5 Å². The molecule has 0 aliphatic carbocycles. The van der Waals surface area contributed by atoms with Crippen LogP contribution in [0.5, 0.6) is 5.75 Å². The lowest BCUT2D eigenvalue weighted by Gasteiger charge is -2.08. The van der Waals surface area contributed by atoms with Gasteiger partial charge in [-0.25, -0.2) is 4.98 Å². The number of hydrogen-bond acceptors (Lipinski definition) is 4. The van der Waals surface area contributed by atoms with Crippen molar-refractivity contribution in [3.63, 3.8) is 0 Å². The molecule has 0 aliphatic heterocycles. The zero-order valence-electron chi connectivity index (χ0n) is 14.9. The fourth-order valence-electron chi connectivity index (χ4n) is 2.97. The Morgan fingerprint density at radius 3 is 2.70 bits per heavy atom. The van der Waals surface area contributed by atoms with E-state index in [9.17, 15) is 5.11 Å². The number of halogens is 1. The third-order valence-electron chi connectivity index (χ3n) is 4.44. The van der Waals surface area contributed by atoms with Gasteiger partial charge in [-0.2, -0.15) is 0 Å². The normalized spacial score (nSPS) is 11.5. The fraction of sp³-hybridized carbons (Fsp3) is 0.0909. The highest BCUT2D eigenvalue weighted by Gasteiger charge is 2.10. The quantitative estimate of drug-likeness (QED) is 0.432. The summed E-state index contributed by atoms with van der Waals surface area (Å²) in [4.78, 5) is 9.01. The predicted molar refractivity (Wildman–Crippen MR) is 109 cm³/mol. The van der Waals surface area contributed by atoms with E-state index in [1.54, 1.807) is 12.3 Å². The van der Waals surface area contributed by atoms with Gasteiger partial charge in [0.15, 0.2) is 5.58 Å². The van der Waals surface area contributed by atoms with Crippen molar-refractivity contribution in [2.45, 2.75) is 13.8 Å². The Hall–Kier alpha value is -3.11. The molecule has 0 saturated carbocycles. The Labute approximate surface area is 161 Å². The van der Waals surface area contributed by atoms with Crippen molar-refractivity contribution in [2.24, 2.45) is 4.99 Å². The molecular weight excluding hydrogens is 360 g/mol. The van der Waals surface area contributed by atoms with Gasteiger partial charge in [-0.05, 0) is 61.4 Å². The van der Waals surface area contributed by atoms with Gasteiger partial charge in [0.2, 0.25) is 5.89 Å². The Balaban J connectivity index is 1.69. The third kappa shape index (κ3) is 3.32. The summed E-state index contributed by atoms with van der Waals surface area (Å²) in [6.45, 7) is 3.73. The Morgan fingerprint density at radius 1 is 1.07 bits per heavy atom. The average molecular weight is 377 g/mol. The lowest BCUT2D eigenvalue weighted by Crippen LogP contribution is -1.92. The number of hydrogen-bond donors (Lipinski definition) is 1. The summed E-state index contributed by atoms with van der Waals surface area (Å²) in [5.74, 6) is 0.707. The molecule has 0 saturated heterocycles. The molecule has 4 nitrogen and oxygen atoms in total. The van der Waals surface area contributed by atoms with Crippen LogP contribution in [-0.2, 0) is 0 Å². The van der Waals surface area contributed by atoms with Gasteiger partial charge in [-0.3, -0.25) is 4.99 Å². The highest BCUT2D eigenvalue weighted by Crippen LogP contribution is 2.31. The second-order valence-corrected chi connectivity index (χ2v) is 6.74. The summed E-state index contributed by atoms with van der Waals surface area (Å²) in [6, 6.07) is 16.9. The summed E-state index contributed by atoms with van der Waals surface area (Å²) in [5.41, 5.74) is 5.37. The van der Waals surface area contributed by atoms with Gasteiger partial charge in [-0.1, -0.05) is 29.8 Å². The van der Waals surface area contributed by atoms with Crippen LogP contribution in [0.3, 0.4) is 0 Å². The minimum Gasteiger partial charge on any atom is -0.507 e. The first-order chi connectivity index (χ1) is 13.0. The van der Waals surface area contributed by atoms with Crippen LogP contribution in [0.25, 0.3) is 22.6 Å². The van der Waals surface area contributed by atoms with E-state index >= 15 is 0 Å². The molecule has 0 radical (unpaired) electrons. The summed E-state index contributed by atoms with van der Waals surface area (Å²) in [7, 11) is 0. The molecule has 3 aromatic carbocycles. The van der Waals surface area contributed by atoms with Gasteiger partial charge in [-0.15, -0.1) is 0 Å². The first-order valence-corrected chi connectivity index (χ1v) is 8.89. The molecule has 1 aromatic heterocycles. The van der Waals surface area contributed by atoms with Crippen LogP contribution < -0.4 is 0 Å². The smallest absolute Gasteiger partial charge is 0.227 e. The number of aromatic hydroxyl groups is 1. The summed E-state index contributed by atoms with van der Waals surface area (Å²) < 4.78 is 5.82. The number of aliphatic imine (C=N–C) groups is 1. The van der Waals surface area contributed by atoms with Crippen LogP contribution in [-0.4, -0.2) is 16.3 Å². The maximum Gasteiger partial charge on any atom is 0.227 e. The number of aryl methyl sites for hydroxylation is 1. The predicted octanol–water partition coefficient (Wildman–Crippen LogP) is 6.22. The number of aromatic nitrogens is 1. The molecule has 4 aromatic rings. The number of nitrogens with zero attached hydrogens (tertiary/aromatic N) is 2. The average Bonchev–Trinajstić information content (AvgIpc) is 3.11. The fourth-order valence-corrected chi connectivity index (χ4v) is 3.13. The van der Waals surface area contributed by atoms with Crippen LogP contribution >= 0.6 is 11.6 Å². The zero-order chi connectivity index (χ0) is 19.0. The molecule has 0 atom stereocenters. The standard InChI is InChI=1S/C22H17ClN2O2/c1-13-10-19(26)17(14(2)21(13)23)12-24-16-7-5-6-15(11-16)22-25-18-8-3-4-9-20(18)27-22/h3-12,26H,1-2H3.